The summed E-state index contributed by atoms with van der Waals surface area (Å²) in [4.78, 5) is 0. The SMILES string of the molecule is c1ccc2c(c1)NNN2c1cccc2ccccc12. The lowest BCUT2D eigenvalue weighted by Crippen LogP contribution is -2.31. The van der Waals surface area contributed by atoms with Crippen LogP contribution in [0.15, 0.2) is 66.7 Å². The number of hydrogen-bond donors (Lipinski definition) is 2. The molecule has 0 spiro atoms. The second kappa shape index (κ2) is 4.00. The number of rotatable bonds is 1. The van der Waals surface area contributed by atoms with E-state index in [-0.39, 0.29) is 0 Å². The van der Waals surface area contributed by atoms with Crippen LogP contribution in [0.1, 0.15) is 0 Å². The zero-order valence-electron chi connectivity index (χ0n) is 10.3. The van der Waals surface area contributed by atoms with Gasteiger partial charge in [0.05, 0.1) is 17.1 Å². The molecule has 0 radical (unpaired) electrons. The Bertz CT molecular complexity index is 746. The molecule has 0 saturated carbocycles. The highest BCUT2D eigenvalue weighted by molar-refractivity contribution is 5.97. The molecule has 0 bridgehead atoms. The van der Waals surface area contributed by atoms with Crippen molar-refractivity contribution >= 4 is 27.8 Å². The first-order valence-electron chi connectivity index (χ1n) is 6.32. The van der Waals surface area contributed by atoms with Crippen LogP contribution < -0.4 is 16.0 Å². The van der Waals surface area contributed by atoms with Crippen LogP contribution >= 0.6 is 0 Å². The summed E-state index contributed by atoms with van der Waals surface area (Å²) in [5.41, 5.74) is 9.78. The average molecular weight is 247 g/mol. The summed E-state index contributed by atoms with van der Waals surface area (Å²) in [6.45, 7) is 0. The minimum atomic E-state index is 1.09. The summed E-state index contributed by atoms with van der Waals surface area (Å²) < 4.78 is 0. The van der Waals surface area contributed by atoms with Gasteiger partial charge in [0.25, 0.3) is 0 Å². The molecule has 3 aromatic carbocycles. The van der Waals surface area contributed by atoms with Gasteiger partial charge in [0.2, 0.25) is 0 Å². The van der Waals surface area contributed by atoms with E-state index in [0.29, 0.717) is 0 Å². The van der Waals surface area contributed by atoms with Crippen molar-refractivity contribution in [3.63, 3.8) is 0 Å². The van der Waals surface area contributed by atoms with Gasteiger partial charge < -0.3 is 5.43 Å². The maximum atomic E-state index is 3.21. The molecular formula is C16H13N3. The van der Waals surface area contributed by atoms with Gasteiger partial charge in [0.1, 0.15) is 0 Å². The van der Waals surface area contributed by atoms with Crippen molar-refractivity contribution in [2.24, 2.45) is 0 Å². The predicted octanol–water partition coefficient (Wildman–Crippen LogP) is 3.82. The second-order valence-corrected chi connectivity index (χ2v) is 4.59. The second-order valence-electron chi connectivity index (χ2n) is 4.59. The minimum absolute atomic E-state index is 1.09. The monoisotopic (exact) mass is 247 g/mol. The molecule has 19 heavy (non-hydrogen) atoms. The van der Waals surface area contributed by atoms with E-state index in [1.807, 2.05) is 12.1 Å². The first-order valence-corrected chi connectivity index (χ1v) is 6.32. The predicted molar refractivity (Wildman–Crippen MR) is 79.3 cm³/mol. The normalized spacial score (nSPS) is 13.4. The van der Waals surface area contributed by atoms with E-state index < -0.39 is 0 Å². The molecule has 0 atom stereocenters. The molecule has 0 aliphatic carbocycles. The molecule has 0 saturated heterocycles. The van der Waals surface area contributed by atoms with Crippen molar-refractivity contribution in [1.82, 2.24) is 5.53 Å². The van der Waals surface area contributed by atoms with Gasteiger partial charge in [-0.25, -0.2) is 0 Å². The van der Waals surface area contributed by atoms with Gasteiger partial charge in [-0.3, -0.25) is 5.01 Å². The van der Waals surface area contributed by atoms with Crippen molar-refractivity contribution in [2.45, 2.75) is 0 Å². The number of hydrazine groups is 2. The minimum Gasteiger partial charge on any atom is -0.301 e. The topological polar surface area (TPSA) is 27.3 Å². The van der Waals surface area contributed by atoms with E-state index in [1.54, 1.807) is 0 Å². The smallest absolute Gasteiger partial charge is 0.0841 e. The Hall–Kier alpha value is -2.52. The largest absolute Gasteiger partial charge is 0.301 e. The lowest BCUT2D eigenvalue weighted by atomic mass is 10.1. The summed E-state index contributed by atoms with van der Waals surface area (Å²) in [5.74, 6) is 0. The molecule has 0 fully saturated rings. The molecular weight excluding hydrogens is 234 g/mol. The quantitative estimate of drug-likeness (QED) is 0.684. The van der Waals surface area contributed by atoms with Crippen molar-refractivity contribution in [3.05, 3.63) is 66.7 Å². The molecule has 0 amide bonds. The van der Waals surface area contributed by atoms with Crippen molar-refractivity contribution in [2.75, 3.05) is 10.4 Å². The first-order chi connectivity index (χ1) is 9.43. The fourth-order valence-corrected chi connectivity index (χ4v) is 2.54. The summed E-state index contributed by atoms with van der Waals surface area (Å²) in [5, 5.41) is 4.56. The lowest BCUT2D eigenvalue weighted by Gasteiger charge is -2.19. The van der Waals surface area contributed by atoms with Gasteiger partial charge >= 0.3 is 0 Å². The molecule has 1 aliphatic rings. The molecule has 2 N–H and O–H groups in total. The van der Waals surface area contributed by atoms with Crippen LogP contribution in [0.5, 0.6) is 0 Å². The van der Waals surface area contributed by atoms with E-state index in [4.69, 9.17) is 0 Å². The third kappa shape index (κ3) is 1.56. The fourth-order valence-electron chi connectivity index (χ4n) is 2.54. The van der Waals surface area contributed by atoms with Gasteiger partial charge in [-0.05, 0) is 23.6 Å². The number of hydrogen-bond acceptors (Lipinski definition) is 3. The molecule has 1 aliphatic heterocycles. The Balaban J connectivity index is 1.93. The van der Waals surface area contributed by atoms with Crippen LogP contribution in [0.3, 0.4) is 0 Å². The summed E-state index contributed by atoms with van der Waals surface area (Å²) >= 11 is 0. The van der Waals surface area contributed by atoms with Crippen LogP contribution in [0.2, 0.25) is 0 Å². The van der Waals surface area contributed by atoms with E-state index in [9.17, 15) is 0 Å². The standard InChI is InChI=1S/C16H13N3/c1-2-8-13-12(6-1)7-5-11-15(13)19-16-10-4-3-9-14(16)17-18-19/h1-11,17-18H. The third-order valence-corrected chi connectivity index (χ3v) is 3.45. The summed E-state index contributed by atoms with van der Waals surface area (Å²) in [6, 6.07) is 23.0. The van der Waals surface area contributed by atoms with Gasteiger partial charge in [0.15, 0.2) is 0 Å². The molecule has 3 heteroatoms. The maximum Gasteiger partial charge on any atom is 0.0841 e. The zero-order valence-corrected chi connectivity index (χ0v) is 10.3. The number of fused-ring (bicyclic) bond motifs is 2. The van der Waals surface area contributed by atoms with E-state index in [1.165, 1.54) is 10.8 Å². The molecule has 92 valence electrons. The number of nitrogens with zero attached hydrogens (tertiary/aromatic N) is 1. The van der Waals surface area contributed by atoms with E-state index in [2.05, 4.69) is 70.6 Å². The van der Waals surface area contributed by atoms with Crippen LogP contribution in [-0.4, -0.2) is 0 Å². The summed E-state index contributed by atoms with van der Waals surface area (Å²) in [7, 11) is 0. The Morgan fingerprint density at radius 2 is 1.42 bits per heavy atom. The Morgan fingerprint density at radius 1 is 0.684 bits per heavy atom. The van der Waals surface area contributed by atoms with Gasteiger partial charge in [-0.1, -0.05) is 48.5 Å². The van der Waals surface area contributed by atoms with E-state index in [0.717, 1.165) is 17.1 Å². The number of benzene rings is 3. The van der Waals surface area contributed by atoms with Gasteiger partial charge in [-0.2, -0.15) is 0 Å². The number of nitrogens with one attached hydrogen (secondary N) is 2. The highest BCUT2D eigenvalue weighted by Gasteiger charge is 2.20. The highest BCUT2D eigenvalue weighted by atomic mass is 15.7. The van der Waals surface area contributed by atoms with Crippen LogP contribution in [0.4, 0.5) is 17.1 Å². The third-order valence-electron chi connectivity index (χ3n) is 3.45. The molecule has 0 unspecified atom stereocenters. The number of anilines is 3. The van der Waals surface area contributed by atoms with Crippen LogP contribution in [-0.2, 0) is 0 Å². The maximum absolute atomic E-state index is 3.21. The average Bonchev–Trinajstić information content (AvgIpc) is 2.90. The van der Waals surface area contributed by atoms with Crippen molar-refractivity contribution < 1.29 is 0 Å². The molecule has 3 aromatic rings. The zero-order chi connectivity index (χ0) is 12.7. The van der Waals surface area contributed by atoms with Crippen LogP contribution in [0, 0.1) is 0 Å². The van der Waals surface area contributed by atoms with E-state index >= 15 is 0 Å². The highest BCUT2D eigenvalue weighted by Crippen LogP contribution is 2.37. The molecule has 3 nitrogen and oxygen atoms in total. The summed E-state index contributed by atoms with van der Waals surface area (Å²) in [6.07, 6.45) is 0. The molecule has 1 heterocycles. The lowest BCUT2D eigenvalue weighted by molar-refractivity contribution is 0.867. The Morgan fingerprint density at radius 3 is 2.42 bits per heavy atom. The van der Waals surface area contributed by atoms with Gasteiger partial charge in [-0.15, -0.1) is 5.53 Å². The first kappa shape index (κ1) is 10.4. The molecule has 0 aromatic heterocycles. The van der Waals surface area contributed by atoms with Gasteiger partial charge in [0, 0.05) is 5.39 Å². The Labute approximate surface area is 111 Å². The van der Waals surface area contributed by atoms with Crippen molar-refractivity contribution in [3.8, 4) is 0 Å². The molecule has 4 rings (SSSR count). The Kier molecular flexibility index (Phi) is 2.19. The van der Waals surface area contributed by atoms with Crippen molar-refractivity contribution in [1.29, 1.82) is 0 Å². The number of para-hydroxylation sites is 2. The van der Waals surface area contributed by atoms with Crippen LogP contribution in [0.25, 0.3) is 10.8 Å². The fraction of sp³-hybridized carbons (Fsp3) is 0.